The monoisotopic (exact) mass is 273 g/mol. The van der Waals surface area contributed by atoms with E-state index < -0.39 is 11.6 Å². The van der Waals surface area contributed by atoms with Gasteiger partial charge in [0.05, 0.1) is 5.56 Å². The normalized spacial score (nSPS) is 10.7. The van der Waals surface area contributed by atoms with Crippen LogP contribution in [-0.2, 0) is 0 Å². The Labute approximate surface area is 112 Å². The van der Waals surface area contributed by atoms with Gasteiger partial charge in [-0.05, 0) is 30.3 Å². The van der Waals surface area contributed by atoms with Crippen LogP contribution in [0.4, 0.5) is 14.5 Å². The van der Waals surface area contributed by atoms with Crippen LogP contribution < -0.4 is 5.73 Å². The van der Waals surface area contributed by atoms with Gasteiger partial charge in [0.25, 0.3) is 5.89 Å². The van der Waals surface area contributed by atoms with Crippen LogP contribution in [0.1, 0.15) is 0 Å². The summed E-state index contributed by atoms with van der Waals surface area (Å²) in [6, 6.07) is 9.79. The van der Waals surface area contributed by atoms with Crippen LogP contribution in [0.25, 0.3) is 22.8 Å². The van der Waals surface area contributed by atoms with Crippen molar-refractivity contribution in [2.24, 2.45) is 0 Å². The van der Waals surface area contributed by atoms with Gasteiger partial charge in [-0.15, -0.1) is 0 Å². The fraction of sp³-hybridized carbons (Fsp3) is 0. The van der Waals surface area contributed by atoms with Crippen molar-refractivity contribution in [2.75, 3.05) is 5.73 Å². The highest BCUT2D eigenvalue weighted by atomic mass is 19.1. The summed E-state index contributed by atoms with van der Waals surface area (Å²) in [6.45, 7) is 0. The molecule has 1 aromatic heterocycles. The Morgan fingerprint density at radius 3 is 2.70 bits per heavy atom. The van der Waals surface area contributed by atoms with Crippen molar-refractivity contribution in [1.82, 2.24) is 10.1 Å². The zero-order valence-corrected chi connectivity index (χ0v) is 10.2. The smallest absolute Gasteiger partial charge is 0.261 e. The molecule has 2 aromatic carbocycles. The van der Waals surface area contributed by atoms with E-state index in [-0.39, 0.29) is 17.3 Å². The lowest BCUT2D eigenvalue weighted by molar-refractivity contribution is 0.429. The predicted octanol–water partition coefficient (Wildman–Crippen LogP) is 3.26. The minimum Gasteiger partial charge on any atom is -0.399 e. The third-order valence-electron chi connectivity index (χ3n) is 2.73. The topological polar surface area (TPSA) is 64.9 Å². The summed E-state index contributed by atoms with van der Waals surface area (Å²) in [7, 11) is 0. The highest BCUT2D eigenvalue weighted by molar-refractivity contribution is 5.63. The lowest BCUT2D eigenvalue weighted by atomic mass is 10.2. The molecule has 3 rings (SSSR count). The van der Waals surface area contributed by atoms with E-state index in [1.165, 1.54) is 36.4 Å². The Kier molecular flexibility index (Phi) is 2.90. The predicted molar refractivity (Wildman–Crippen MR) is 69.5 cm³/mol. The fourth-order valence-electron chi connectivity index (χ4n) is 1.78. The fourth-order valence-corrected chi connectivity index (χ4v) is 1.78. The lowest BCUT2D eigenvalue weighted by Gasteiger charge is -1.98. The van der Waals surface area contributed by atoms with Gasteiger partial charge in [0.1, 0.15) is 11.6 Å². The van der Waals surface area contributed by atoms with Crippen molar-refractivity contribution >= 4 is 5.69 Å². The van der Waals surface area contributed by atoms with Crippen LogP contribution in [0.3, 0.4) is 0 Å². The number of hydrogen-bond acceptors (Lipinski definition) is 4. The molecule has 0 radical (unpaired) electrons. The van der Waals surface area contributed by atoms with E-state index in [1.54, 1.807) is 6.07 Å². The maximum absolute atomic E-state index is 13.7. The van der Waals surface area contributed by atoms with Gasteiger partial charge in [-0.2, -0.15) is 4.98 Å². The van der Waals surface area contributed by atoms with E-state index in [0.717, 1.165) is 0 Å². The molecule has 0 fully saturated rings. The Morgan fingerprint density at radius 1 is 1.05 bits per heavy atom. The maximum Gasteiger partial charge on any atom is 0.261 e. The molecule has 0 saturated heterocycles. The first-order valence-electron chi connectivity index (χ1n) is 5.78. The number of benzene rings is 2. The van der Waals surface area contributed by atoms with E-state index in [2.05, 4.69) is 10.1 Å². The van der Waals surface area contributed by atoms with Crippen molar-refractivity contribution in [3.05, 3.63) is 54.1 Å². The van der Waals surface area contributed by atoms with E-state index >= 15 is 0 Å². The summed E-state index contributed by atoms with van der Waals surface area (Å²) in [5.41, 5.74) is 6.54. The summed E-state index contributed by atoms with van der Waals surface area (Å²) >= 11 is 0. The Morgan fingerprint density at radius 2 is 1.90 bits per heavy atom. The van der Waals surface area contributed by atoms with Gasteiger partial charge in [0.2, 0.25) is 5.82 Å². The molecule has 100 valence electrons. The van der Waals surface area contributed by atoms with E-state index in [4.69, 9.17) is 10.3 Å². The highest BCUT2D eigenvalue weighted by Crippen LogP contribution is 2.26. The molecule has 2 N–H and O–H groups in total. The van der Waals surface area contributed by atoms with Crippen molar-refractivity contribution < 1.29 is 13.3 Å². The van der Waals surface area contributed by atoms with Gasteiger partial charge in [-0.25, -0.2) is 8.78 Å². The molecule has 0 aliphatic heterocycles. The molecule has 0 amide bonds. The van der Waals surface area contributed by atoms with Gasteiger partial charge in [0.15, 0.2) is 0 Å². The molecule has 0 aliphatic carbocycles. The zero-order chi connectivity index (χ0) is 14.1. The Hall–Kier alpha value is -2.76. The standard InChI is InChI=1S/C14H9F2N3O/c15-9-3-1-2-8(6-9)13-18-14(20-19-13)11-7-10(17)4-5-12(11)16/h1-7H,17H2. The van der Waals surface area contributed by atoms with E-state index in [1.807, 2.05) is 0 Å². The molecule has 1 heterocycles. The molecular formula is C14H9F2N3O. The molecule has 3 aromatic rings. The summed E-state index contributed by atoms with van der Waals surface area (Å²) in [6.07, 6.45) is 0. The molecular weight excluding hydrogens is 264 g/mol. The van der Waals surface area contributed by atoms with Crippen molar-refractivity contribution in [3.8, 4) is 22.8 Å². The molecule has 0 atom stereocenters. The average Bonchev–Trinajstić information content (AvgIpc) is 2.91. The number of nitrogen functional groups attached to an aromatic ring is 1. The number of rotatable bonds is 2. The molecule has 0 bridgehead atoms. The molecule has 0 spiro atoms. The largest absolute Gasteiger partial charge is 0.399 e. The zero-order valence-electron chi connectivity index (χ0n) is 10.2. The van der Waals surface area contributed by atoms with Crippen LogP contribution in [-0.4, -0.2) is 10.1 Å². The molecule has 0 unspecified atom stereocenters. The van der Waals surface area contributed by atoms with Crippen LogP contribution in [0.5, 0.6) is 0 Å². The van der Waals surface area contributed by atoms with Crippen molar-refractivity contribution in [2.45, 2.75) is 0 Å². The molecule has 4 nitrogen and oxygen atoms in total. The average molecular weight is 273 g/mol. The van der Waals surface area contributed by atoms with Crippen LogP contribution in [0.15, 0.2) is 47.0 Å². The first-order chi connectivity index (χ1) is 9.63. The Balaban J connectivity index is 2.04. The maximum atomic E-state index is 13.7. The summed E-state index contributed by atoms with van der Waals surface area (Å²) in [5, 5.41) is 3.71. The number of halogens is 2. The second-order valence-corrected chi connectivity index (χ2v) is 4.17. The SMILES string of the molecule is Nc1ccc(F)c(-c2nc(-c3cccc(F)c3)no2)c1. The Bertz CT molecular complexity index is 771. The summed E-state index contributed by atoms with van der Waals surface area (Å²) in [4.78, 5) is 4.05. The highest BCUT2D eigenvalue weighted by Gasteiger charge is 2.14. The second-order valence-electron chi connectivity index (χ2n) is 4.17. The van der Waals surface area contributed by atoms with Crippen LogP contribution >= 0.6 is 0 Å². The third-order valence-corrected chi connectivity index (χ3v) is 2.73. The van der Waals surface area contributed by atoms with Gasteiger partial charge in [0, 0.05) is 11.3 Å². The first-order valence-corrected chi connectivity index (χ1v) is 5.78. The van der Waals surface area contributed by atoms with Crippen molar-refractivity contribution in [3.63, 3.8) is 0 Å². The molecule has 0 saturated carbocycles. The number of hydrogen-bond donors (Lipinski definition) is 1. The van der Waals surface area contributed by atoms with E-state index in [9.17, 15) is 8.78 Å². The van der Waals surface area contributed by atoms with Crippen LogP contribution in [0, 0.1) is 11.6 Å². The quantitative estimate of drug-likeness (QED) is 0.728. The molecule has 6 heteroatoms. The number of nitrogens with zero attached hydrogens (tertiary/aromatic N) is 2. The molecule has 0 aliphatic rings. The minimum absolute atomic E-state index is 0.00550. The summed E-state index contributed by atoms with van der Waals surface area (Å²) < 4.78 is 31.8. The minimum atomic E-state index is -0.520. The summed E-state index contributed by atoms with van der Waals surface area (Å²) in [5.74, 6) is -0.756. The van der Waals surface area contributed by atoms with Crippen molar-refractivity contribution in [1.29, 1.82) is 0 Å². The first kappa shape index (κ1) is 12.3. The number of nitrogens with two attached hydrogens (primary N) is 1. The van der Waals surface area contributed by atoms with Gasteiger partial charge < -0.3 is 10.3 Å². The molecule has 20 heavy (non-hydrogen) atoms. The third kappa shape index (κ3) is 2.23. The van der Waals surface area contributed by atoms with Gasteiger partial charge in [-0.1, -0.05) is 17.3 Å². The van der Waals surface area contributed by atoms with Gasteiger partial charge >= 0.3 is 0 Å². The van der Waals surface area contributed by atoms with E-state index in [0.29, 0.717) is 11.3 Å². The number of anilines is 1. The number of aromatic nitrogens is 2. The van der Waals surface area contributed by atoms with Gasteiger partial charge in [-0.3, -0.25) is 0 Å². The lowest BCUT2D eigenvalue weighted by Crippen LogP contribution is -1.90. The second kappa shape index (κ2) is 4.73. The van der Waals surface area contributed by atoms with Crippen LogP contribution in [0.2, 0.25) is 0 Å².